The fourth-order valence-corrected chi connectivity index (χ4v) is 1.72. The van der Waals surface area contributed by atoms with Crippen LogP contribution >= 0.6 is 0 Å². The summed E-state index contributed by atoms with van der Waals surface area (Å²) in [6, 6.07) is 9.29. The van der Waals surface area contributed by atoms with Crippen molar-refractivity contribution in [2.75, 3.05) is 33.2 Å². The van der Waals surface area contributed by atoms with Gasteiger partial charge in [0.2, 0.25) is 0 Å². The van der Waals surface area contributed by atoms with Crippen LogP contribution in [-0.4, -0.2) is 44.0 Å². The van der Waals surface area contributed by atoms with Crippen molar-refractivity contribution in [2.45, 2.75) is 12.8 Å². The van der Waals surface area contributed by atoms with E-state index in [9.17, 15) is 4.79 Å². The van der Waals surface area contributed by atoms with Crippen LogP contribution in [0.4, 0.5) is 0 Å². The van der Waals surface area contributed by atoms with Crippen LogP contribution in [0.25, 0.3) is 0 Å². The quantitative estimate of drug-likeness (QED) is 0.678. The SMILES string of the molecule is CN(CCCN)CCCNC(=O)c1ccccc1. The Balaban J connectivity index is 2.13. The van der Waals surface area contributed by atoms with Crippen LogP contribution in [0.2, 0.25) is 0 Å². The second-order valence-electron chi connectivity index (χ2n) is 4.42. The number of carbonyl (C=O) groups excluding carboxylic acids is 1. The van der Waals surface area contributed by atoms with Crippen molar-refractivity contribution in [1.29, 1.82) is 0 Å². The standard InChI is InChI=1S/C14H23N3O/c1-17(11-5-9-15)12-6-10-16-14(18)13-7-3-2-4-8-13/h2-4,7-8H,5-6,9-12,15H2,1H3,(H,16,18). The molecule has 0 aliphatic carbocycles. The van der Waals surface area contributed by atoms with Gasteiger partial charge in [-0.2, -0.15) is 0 Å². The van der Waals surface area contributed by atoms with Crippen LogP contribution in [0.15, 0.2) is 30.3 Å². The lowest BCUT2D eigenvalue weighted by Crippen LogP contribution is -2.29. The third-order valence-corrected chi connectivity index (χ3v) is 2.78. The number of carbonyl (C=O) groups is 1. The highest BCUT2D eigenvalue weighted by atomic mass is 16.1. The van der Waals surface area contributed by atoms with Gasteiger partial charge in [-0.15, -0.1) is 0 Å². The Hall–Kier alpha value is -1.39. The van der Waals surface area contributed by atoms with E-state index in [2.05, 4.69) is 17.3 Å². The largest absolute Gasteiger partial charge is 0.352 e. The van der Waals surface area contributed by atoms with E-state index in [4.69, 9.17) is 5.73 Å². The fourth-order valence-electron chi connectivity index (χ4n) is 1.72. The number of hydrogen-bond donors (Lipinski definition) is 2. The van der Waals surface area contributed by atoms with Crippen LogP contribution < -0.4 is 11.1 Å². The summed E-state index contributed by atoms with van der Waals surface area (Å²) >= 11 is 0. The number of nitrogens with one attached hydrogen (secondary N) is 1. The van der Waals surface area contributed by atoms with Crippen molar-refractivity contribution in [2.24, 2.45) is 5.73 Å². The number of rotatable bonds is 8. The molecule has 100 valence electrons. The summed E-state index contributed by atoms with van der Waals surface area (Å²) in [4.78, 5) is 14.0. The predicted octanol–water partition coefficient (Wildman–Crippen LogP) is 1.09. The molecule has 0 bridgehead atoms. The fraction of sp³-hybridized carbons (Fsp3) is 0.500. The molecule has 0 radical (unpaired) electrons. The lowest BCUT2D eigenvalue weighted by molar-refractivity contribution is 0.0952. The summed E-state index contributed by atoms with van der Waals surface area (Å²) in [5.74, 6) is 0.000196. The molecule has 0 saturated heterocycles. The molecule has 3 N–H and O–H groups in total. The van der Waals surface area contributed by atoms with E-state index in [1.54, 1.807) is 0 Å². The normalized spacial score (nSPS) is 10.6. The van der Waals surface area contributed by atoms with Crippen molar-refractivity contribution < 1.29 is 4.79 Å². The molecule has 18 heavy (non-hydrogen) atoms. The lowest BCUT2D eigenvalue weighted by Gasteiger charge is -2.15. The summed E-state index contributed by atoms with van der Waals surface area (Å²) < 4.78 is 0. The van der Waals surface area contributed by atoms with Crippen molar-refractivity contribution in [3.63, 3.8) is 0 Å². The Morgan fingerprint density at radius 3 is 2.56 bits per heavy atom. The molecule has 0 aromatic heterocycles. The Morgan fingerprint density at radius 1 is 1.22 bits per heavy atom. The van der Waals surface area contributed by atoms with E-state index in [1.807, 2.05) is 30.3 Å². The third-order valence-electron chi connectivity index (χ3n) is 2.78. The molecule has 0 heterocycles. The summed E-state index contributed by atoms with van der Waals surface area (Å²) in [7, 11) is 2.08. The predicted molar refractivity (Wildman–Crippen MR) is 74.6 cm³/mol. The molecule has 0 aliphatic heterocycles. The summed E-state index contributed by atoms with van der Waals surface area (Å²) in [5, 5.41) is 2.92. The Labute approximate surface area is 109 Å². The van der Waals surface area contributed by atoms with E-state index in [-0.39, 0.29) is 5.91 Å². The minimum atomic E-state index is 0.000196. The lowest BCUT2D eigenvalue weighted by atomic mass is 10.2. The Bertz CT molecular complexity index is 340. The number of benzene rings is 1. The van der Waals surface area contributed by atoms with Crippen LogP contribution in [-0.2, 0) is 0 Å². The number of hydrogen-bond acceptors (Lipinski definition) is 3. The molecule has 0 unspecified atom stereocenters. The average Bonchev–Trinajstić information content (AvgIpc) is 2.42. The van der Waals surface area contributed by atoms with Gasteiger partial charge in [0.05, 0.1) is 0 Å². The molecule has 1 aromatic rings. The van der Waals surface area contributed by atoms with Gasteiger partial charge in [0.15, 0.2) is 0 Å². The zero-order valence-electron chi connectivity index (χ0n) is 11.1. The average molecular weight is 249 g/mol. The smallest absolute Gasteiger partial charge is 0.251 e. The molecule has 4 heteroatoms. The molecule has 0 saturated carbocycles. The molecular weight excluding hydrogens is 226 g/mol. The molecule has 0 fully saturated rings. The van der Waals surface area contributed by atoms with Crippen molar-refractivity contribution in [3.8, 4) is 0 Å². The molecule has 1 amide bonds. The van der Waals surface area contributed by atoms with Gasteiger partial charge in [-0.05, 0) is 51.7 Å². The molecule has 0 aliphatic rings. The number of amides is 1. The summed E-state index contributed by atoms with van der Waals surface area (Å²) in [6.45, 7) is 3.44. The van der Waals surface area contributed by atoms with Gasteiger partial charge in [-0.1, -0.05) is 18.2 Å². The van der Waals surface area contributed by atoms with Gasteiger partial charge >= 0.3 is 0 Å². The van der Waals surface area contributed by atoms with E-state index in [0.29, 0.717) is 12.1 Å². The third kappa shape index (κ3) is 5.80. The zero-order valence-corrected chi connectivity index (χ0v) is 11.1. The van der Waals surface area contributed by atoms with Gasteiger partial charge in [0, 0.05) is 12.1 Å². The Kier molecular flexibility index (Phi) is 7.06. The second-order valence-corrected chi connectivity index (χ2v) is 4.42. The van der Waals surface area contributed by atoms with E-state index < -0.39 is 0 Å². The van der Waals surface area contributed by atoms with Crippen molar-refractivity contribution in [1.82, 2.24) is 10.2 Å². The minimum absolute atomic E-state index is 0.000196. The molecule has 0 spiro atoms. The van der Waals surface area contributed by atoms with Gasteiger partial charge < -0.3 is 16.0 Å². The highest BCUT2D eigenvalue weighted by Crippen LogP contribution is 1.97. The molecule has 0 atom stereocenters. The molecule has 1 aromatic carbocycles. The van der Waals surface area contributed by atoms with Crippen molar-refractivity contribution >= 4 is 5.91 Å². The van der Waals surface area contributed by atoms with E-state index in [0.717, 1.165) is 32.5 Å². The topological polar surface area (TPSA) is 58.4 Å². The summed E-state index contributed by atoms with van der Waals surface area (Å²) in [5.41, 5.74) is 6.17. The van der Waals surface area contributed by atoms with E-state index in [1.165, 1.54) is 0 Å². The highest BCUT2D eigenvalue weighted by Gasteiger charge is 2.03. The number of nitrogens with zero attached hydrogens (tertiary/aromatic N) is 1. The van der Waals surface area contributed by atoms with Gasteiger partial charge in [0.25, 0.3) is 5.91 Å². The van der Waals surface area contributed by atoms with Gasteiger partial charge in [-0.3, -0.25) is 4.79 Å². The van der Waals surface area contributed by atoms with Crippen LogP contribution in [0.1, 0.15) is 23.2 Å². The maximum atomic E-state index is 11.7. The zero-order chi connectivity index (χ0) is 13.2. The van der Waals surface area contributed by atoms with Crippen molar-refractivity contribution in [3.05, 3.63) is 35.9 Å². The maximum absolute atomic E-state index is 11.7. The van der Waals surface area contributed by atoms with Gasteiger partial charge in [-0.25, -0.2) is 0 Å². The molecule has 4 nitrogen and oxygen atoms in total. The minimum Gasteiger partial charge on any atom is -0.352 e. The van der Waals surface area contributed by atoms with Crippen LogP contribution in [0.5, 0.6) is 0 Å². The first kappa shape index (κ1) is 14.7. The first-order chi connectivity index (χ1) is 8.74. The monoisotopic (exact) mass is 249 g/mol. The molecular formula is C14H23N3O. The second kappa shape index (κ2) is 8.66. The van der Waals surface area contributed by atoms with E-state index >= 15 is 0 Å². The highest BCUT2D eigenvalue weighted by molar-refractivity contribution is 5.94. The number of nitrogens with two attached hydrogens (primary N) is 1. The van der Waals surface area contributed by atoms with Gasteiger partial charge in [0.1, 0.15) is 0 Å². The Morgan fingerprint density at radius 2 is 1.89 bits per heavy atom. The first-order valence-corrected chi connectivity index (χ1v) is 6.46. The summed E-state index contributed by atoms with van der Waals surface area (Å²) in [6.07, 6.45) is 1.98. The first-order valence-electron chi connectivity index (χ1n) is 6.46. The maximum Gasteiger partial charge on any atom is 0.251 e. The van der Waals surface area contributed by atoms with Crippen LogP contribution in [0.3, 0.4) is 0 Å². The van der Waals surface area contributed by atoms with Crippen LogP contribution in [0, 0.1) is 0 Å². The molecule has 1 rings (SSSR count).